The van der Waals surface area contributed by atoms with Gasteiger partial charge in [0.05, 0.1) is 0 Å². The fourth-order valence-electron chi connectivity index (χ4n) is 19.1. The maximum absolute atomic E-state index is 3.42. The van der Waals surface area contributed by atoms with Crippen LogP contribution in [0.15, 0.2) is 58.4 Å². The van der Waals surface area contributed by atoms with Gasteiger partial charge in [-0.3, -0.25) is 4.90 Å². The van der Waals surface area contributed by atoms with Gasteiger partial charge in [0, 0.05) is 45.7 Å². The highest BCUT2D eigenvalue weighted by Crippen LogP contribution is 2.75. The smallest absolute Gasteiger partial charge is 0.163 e. The summed E-state index contributed by atoms with van der Waals surface area (Å²) in [6.07, 6.45) is 51.9. The third-order valence-corrected chi connectivity index (χ3v) is 21.5. The van der Waals surface area contributed by atoms with Crippen LogP contribution in [0.3, 0.4) is 0 Å². The van der Waals surface area contributed by atoms with Gasteiger partial charge in [-0.15, -0.1) is 0 Å². The maximum Gasteiger partial charge on any atom is 0.163 e. The first-order valence-corrected chi connectivity index (χ1v) is 25.9. The molecule has 4 aliphatic heterocycles. The molecule has 0 bridgehead atoms. The second-order valence-electron chi connectivity index (χ2n) is 24.0. The quantitative estimate of drug-likeness (QED) is 0.208. The van der Waals surface area contributed by atoms with Crippen LogP contribution in [0.1, 0.15) is 195 Å². The van der Waals surface area contributed by atoms with Gasteiger partial charge in [0.2, 0.25) is 0 Å². The lowest BCUT2D eigenvalue weighted by Gasteiger charge is -2.66. The predicted molar refractivity (Wildman–Crippen MR) is 239 cm³/mol. The summed E-state index contributed by atoms with van der Waals surface area (Å²) in [5.41, 5.74) is 10.9. The molecule has 8 atom stereocenters. The molecule has 0 amide bonds. The van der Waals surface area contributed by atoms with Gasteiger partial charge < -0.3 is 4.90 Å². The van der Waals surface area contributed by atoms with E-state index in [1.807, 2.05) is 28.0 Å². The van der Waals surface area contributed by atoms with E-state index in [-0.39, 0.29) is 11.1 Å². The molecule has 4 heterocycles. The second-order valence-corrected chi connectivity index (χ2v) is 24.0. The molecule has 0 radical (unpaired) electrons. The standard InChI is InChI=1S/C54H79BN2/c1-51(2)53(26-16-8-17-27-53)42-30-39(36-20-10-5-11-21-36)32-44-49(42)56(51)46-34-41(38-24-14-7-15-25-38)35-47-48(46)55(44)45-33-40(37-22-12-6-13-23-37)31-43-50(45)57(47)52(3,4)54(43)28-18-9-19-29-54/h10,20,30-31,35-39,44-49H,5-9,11-19,21-29,32-34H2,1-4H3. The Labute approximate surface area is 349 Å². The highest BCUT2D eigenvalue weighted by atomic mass is 15.3. The normalized spacial score (nSPS) is 41.7. The molecule has 57 heavy (non-hydrogen) atoms. The molecule has 3 heteroatoms. The average Bonchev–Trinajstić information content (AvgIpc) is 3.56. The molecule has 2 nitrogen and oxygen atoms in total. The summed E-state index contributed by atoms with van der Waals surface area (Å²) in [5.74, 6) is 5.48. The lowest BCUT2D eigenvalue weighted by Crippen LogP contribution is -2.71. The Morgan fingerprint density at radius 2 is 1.28 bits per heavy atom. The van der Waals surface area contributed by atoms with E-state index in [0.29, 0.717) is 29.0 Å². The molecule has 2 spiro atoms. The Morgan fingerprint density at radius 1 is 0.632 bits per heavy atom. The molecule has 3 saturated heterocycles. The van der Waals surface area contributed by atoms with E-state index in [4.69, 9.17) is 0 Å². The zero-order valence-corrected chi connectivity index (χ0v) is 37.0. The topological polar surface area (TPSA) is 6.48 Å². The molecule has 8 unspecified atom stereocenters. The number of hydrogen-bond donors (Lipinski definition) is 0. The van der Waals surface area contributed by atoms with Crippen molar-refractivity contribution in [1.82, 2.24) is 9.80 Å². The fraction of sp³-hybridized carbons (Fsp3) is 0.815. The van der Waals surface area contributed by atoms with E-state index in [0.717, 1.165) is 47.8 Å². The summed E-state index contributed by atoms with van der Waals surface area (Å²) in [5, 5.41) is 0. The Hall–Kier alpha value is -1.48. The van der Waals surface area contributed by atoms with Gasteiger partial charge in [0.15, 0.2) is 6.71 Å². The molecule has 12 rings (SSSR count). The second kappa shape index (κ2) is 13.5. The van der Waals surface area contributed by atoms with E-state index in [9.17, 15) is 0 Å². The predicted octanol–water partition coefficient (Wildman–Crippen LogP) is 14.2. The molecule has 308 valence electrons. The molecule has 7 fully saturated rings. The lowest BCUT2D eigenvalue weighted by molar-refractivity contribution is -0.0351. The van der Waals surface area contributed by atoms with Crippen LogP contribution < -0.4 is 0 Å². The van der Waals surface area contributed by atoms with E-state index in [2.05, 4.69) is 67.9 Å². The molecule has 0 aromatic heterocycles. The van der Waals surface area contributed by atoms with Gasteiger partial charge in [-0.25, -0.2) is 0 Å². The van der Waals surface area contributed by atoms with Gasteiger partial charge in [0.25, 0.3) is 0 Å². The van der Waals surface area contributed by atoms with Crippen molar-refractivity contribution in [2.45, 2.75) is 241 Å². The Morgan fingerprint density at radius 3 is 1.95 bits per heavy atom. The summed E-state index contributed by atoms with van der Waals surface area (Å²) in [4.78, 5) is 6.73. The summed E-state index contributed by atoms with van der Waals surface area (Å²) >= 11 is 0. The van der Waals surface area contributed by atoms with E-state index < -0.39 is 0 Å². The summed E-state index contributed by atoms with van der Waals surface area (Å²) in [6, 6.07) is 1.95. The lowest BCUT2D eigenvalue weighted by atomic mass is 9.19. The molecule has 8 aliphatic carbocycles. The van der Waals surface area contributed by atoms with E-state index in [1.54, 1.807) is 0 Å². The SMILES string of the molecule is CC1(C)N2C3=C(C=C(C4CCCCC4)CC3B3C4CC(C5C=CCCC5)C=C5C4N(C4CC(C6CCCCC6)=CC2C34)C(C)(C)C52CCCCC2)C12CCCCC2. The van der Waals surface area contributed by atoms with Crippen molar-refractivity contribution in [3.05, 3.63) is 58.4 Å². The van der Waals surface area contributed by atoms with Gasteiger partial charge in [0.1, 0.15) is 0 Å². The highest BCUT2D eigenvalue weighted by molar-refractivity contribution is 6.66. The molecule has 0 aromatic carbocycles. The largest absolute Gasteiger partial charge is 0.363 e. The van der Waals surface area contributed by atoms with Crippen molar-refractivity contribution in [3.63, 3.8) is 0 Å². The average molecular weight is 767 g/mol. The van der Waals surface area contributed by atoms with Crippen molar-refractivity contribution in [3.8, 4) is 0 Å². The minimum atomic E-state index is 0.176. The van der Waals surface area contributed by atoms with Crippen LogP contribution in [0.4, 0.5) is 0 Å². The van der Waals surface area contributed by atoms with Crippen molar-refractivity contribution >= 4 is 6.71 Å². The number of fused-ring (bicyclic) bond motifs is 6. The van der Waals surface area contributed by atoms with Gasteiger partial charge in [-0.2, -0.15) is 0 Å². The molecule has 12 aliphatic rings. The third kappa shape index (κ3) is 5.05. The zero-order valence-electron chi connectivity index (χ0n) is 37.0. The van der Waals surface area contributed by atoms with Crippen molar-refractivity contribution in [1.29, 1.82) is 0 Å². The van der Waals surface area contributed by atoms with Crippen LogP contribution in [-0.4, -0.2) is 45.7 Å². The monoisotopic (exact) mass is 767 g/mol. The van der Waals surface area contributed by atoms with Crippen molar-refractivity contribution < 1.29 is 0 Å². The molecule has 0 aromatic rings. The first-order valence-electron chi connectivity index (χ1n) is 25.9. The maximum atomic E-state index is 3.42. The third-order valence-electron chi connectivity index (χ3n) is 21.5. The molecular weight excluding hydrogens is 687 g/mol. The molecule has 4 saturated carbocycles. The van der Waals surface area contributed by atoms with E-state index in [1.165, 1.54) is 167 Å². The Bertz CT molecular complexity index is 1760. The van der Waals surface area contributed by atoms with Crippen LogP contribution in [-0.2, 0) is 0 Å². The molecular formula is C54H79BN2. The fourth-order valence-corrected chi connectivity index (χ4v) is 19.1. The molecule has 0 N–H and O–H groups in total. The minimum Gasteiger partial charge on any atom is -0.363 e. The van der Waals surface area contributed by atoms with Crippen LogP contribution in [0.25, 0.3) is 0 Å². The van der Waals surface area contributed by atoms with Crippen LogP contribution in [0.5, 0.6) is 0 Å². The first-order chi connectivity index (χ1) is 27.8. The van der Waals surface area contributed by atoms with Crippen LogP contribution >= 0.6 is 0 Å². The van der Waals surface area contributed by atoms with Crippen molar-refractivity contribution in [2.75, 3.05) is 0 Å². The summed E-state index contributed by atoms with van der Waals surface area (Å²) in [6.45, 7) is 12.1. The number of nitrogens with zero attached hydrogens (tertiary/aromatic N) is 2. The van der Waals surface area contributed by atoms with Crippen LogP contribution in [0, 0.1) is 34.5 Å². The summed E-state index contributed by atoms with van der Waals surface area (Å²) in [7, 11) is 0. The van der Waals surface area contributed by atoms with Gasteiger partial charge in [-0.1, -0.05) is 119 Å². The number of hydrogen-bond acceptors (Lipinski definition) is 2. The Kier molecular flexibility index (Phi) is 8.84. The van der Waals surface area contributed by atoms with Crippen LogP contribution in [0.2, 0.25) is 17.5 Å². The minimum absolute atomic E-state index is 0.176. The summed E-state index contributed by atoms with van der Waals surface area (Å²) < 4.78 is 0. The zero-order chi connectivity index (χ0) is 38.3. The number of allylic oxidation sites excluding steroid dienone is 6. The van der Waals surface area contributed by atoms with Gasteiger partial charge in [-0.05, 0) is 170 Å². The Balaban J connectivity index is 1.09. The highest BCUT2D eigenvalue weighted by Gasteiger charge is 2.74. The van der Waals surface area contributed by atoms with Crippen molar-refractivity contribution in [2.24, 2.45) is 34.5 Å². The first kappa shape index (κ1) is 37.3. The van der Waals surface area contributed by atoms with Gasteiger partial charge >= 0.3 is 0 Å². The number of rotatable bonds is 3. The van der Waals surface area contributed by atoms with E-state index >= 15 is 0 Å².